The Bertz CT molecular complexity index is 835. The molecule has 29 heavy (non-hydrogen) atoms. The predicted molar refractivity (Wildman–Crippen MR) is 113 cm³/mol. The molecule has 1 atom stereocenters. The first-order valence-electron chi connectivity index (χ1n) is 10.6. The van der Waals surface area contributed by atoms with E-state index in [2.05, 4.69) is 26.7 Å². The van der Waals surface area contributed by atoms with E-state index in [1.165, 1.54) is 5.56 Å². The number of aromatic nitrogens is 2. The average molecular weight is 398 g/mol. The van der Waals surface area contributed by atoms with Crippen LogP contribution in [0.1, 0.15) is 53.2 Å². The number of benzene rings is 1. The van der Waals surface area contributed by atoms with Gasteiger partial charge in [-0.15, -0.1) is 0 Å². The van der Waals surface area contributed by atoms with Gasteiger partial charge < -0.3 is 15.7 Å². The van der Waals surface area contributed by atoms with E-state index < -0.39 is 0 Å². The molecule has 1 aromatic carbocycles. The minimum absolute atomic E-state index is 0.100. The van der Waals surface area contributed by atoms with Gasteiger partial charge in [0.05, 0.1) is 17.4 Å². The molecule has 2 fully saturated rings. The highest BCUT2D eigenvalue weighted by Gasteiger charge is 2.25. The van der Waals surface area contributed by atoms with Crippen LogP contribution >= 0.6 is 0 Å². The Morgan fingerprint density at radius 3 is 2.90 bits per heavy atom. The summed E-state index contributed by atoms with van der Waals surface area (Å²) >= 11 is 0. The molecule has 2 aliphatic heterocycles. The van der Waals surface area contributed by atoms with Gasteiger partial charge in [-0.25, -0.2) is 0 Å². The Morgan fingerprint density at radius 2 is 2.14 bits per heavy atom. The standard InChI is InChI=1S/C22H31N5O2/c1-26-15-20(21(25-26)17-5-3-9-23-13-17)22(29)24-18-6-2-4-16(12-18)14-27-10-7-19(28)8-11-27/h2,4,6,12,15,17,19,23,28H,3,5,7-11,13-14H2,1H3,(H,24,29). The third-order valence-electron chi connectivity index (χ3n) is 5.93. The molecular formula is C22H31N5O2. The maximum absolute atomic E-state index is 13.0. The molecule has 7 heteroatoms. The zero-order chi connectivity index (χ0) is 20.2. The van der Waals surface area contributed by atoms with E-state index in [0.29, 0.717) is 5.56 Å². The van der Waals surface area contributed by atoms with Crippen molar-refractivity contribution in [2.75, 3.05) is 31.5 Å². The van der Waals surface area contributed by atoms with Crippen LogP contribution in [0.3, 0.4) is 0 Å². The fourth-order valence-corrected chi connectivity index (χ4v) is 4.35. The van der Waals surface area contributed by atoms with Crippen molar-refractivity contribution < 1.29 is 9.90 Å². The number of hydrogen-bond donors (Lipinski definition) is 3. The normalized spacial score (nSPS) is 21.2. The van der Waals surface area contributed by atoms with Crippen LogP contribution in [0.5, 0.6) is 0 Å². The van der Waals surface area contributed by atoms with Gasteiger partial charge in [0.2, 0.25) is 0 Å². The van der Waals surface area contributed by atoms with Crippen molar-refractivity contribution in [3.63, 3.8) is 0 Å². The van der Waals surface area contributed by atoms with E-state index >= 15 is 0 Å². The van der Waals surface area contributed by atoms with Crippen molar-refractivity contribution in [1.29, 1.82) is 0 Å². The Kier molecular flexibility index (Phi) is 6.28. The molecule has 3 N–H and O–H groups in total. The van der Waals surface area contributed by atoms with E-state index in [9.17, 15) is 9.90 Å². The van der Waals surface area contributed by atoms with Gasteiger partial charge in [-0.2, -0.15) is 5.10 Å². The molecule has 156 valence electrons. The first-order valence-corrected chi connectivity index (χ1v) is 10.6. The Morgan fingerprint density at radius 1 is 1.31 bits per heavy atom. The minimum atomic E-state index is -0.162. The van der Waals surface area contributed by atoms with Crippen LogP contribution in [0.2, 0.25) is 0 Å². The average Bonchev–Trinajstić information content (AvgIpc) is 3.13. The lowest BCUT2D eigenvalue weighted by molar-refractivity contribution is 0.0792. The maximum Gasteiger partial charge on any atom is 0.259 e. The van der Waals surface area contributed by atoms with E-state index in [1.807, 2.05) is 31.4 Å². The summed E-state index contributed by atoms with van der Waals surface area (Å²) in [6, 6.07) is 8.05. The molecule has 4 rings (SSSR count). The number of amides is 1. The molecule has 1 unspecified atom stereocenters. The molecule has 0 spiro atoms. The van der Waals surface area contributed by atoms with Crippen LogP contribution in [-0.2, 0) is 13.6 Å². The summed E-state index contributed by atoms with van der Waals surface area (Å²) in [6.45, 7) is 4.56. The third-order valence-corrected chi connectivity index (χ3v) is 5.93. The summed E-state index contributed by atoms with van der Waals surface area (Å²) in [6.07, 6.45) is 5.49. The predicted octanol–water partition coefficient (Wildman–Crippen LogP) is 2.10. The van der Waals surface area contributed by atoms with Gasteiger partial charge in [-0.3, -0.25) is 14.4 Å². The molecule has 0 bridgehead atoms. The Balaban J connectivity index is 1.43. The second-order valence-electron chi connectivity index (χ2n) is 8.31. The van der Waals surface area contributed by atoms with E-state index in [-0.39, 0.29) is 17.9 Å². The lowest BCUT2D eigenvalue weighted by Gasteiger charge is -2.29. The van der Waals surface area contributed by atoms with Crippen molar-refractivity contribution in [2.24, 2.45) is 7.05 Å². The van der Waals surface area contributed by atoms with Gasteiger partial charge in [0.15, 0.2) is 0 Å². The van der Waals surface area contributed by atoms with Crippen LogP contribution < -0.4 is 10.6 Å². The van der Waals surface area contributed by atoms with Gasteiger partial charge in [0.25, 0.3) is 5.91 Å². The number of aliphatic hydroxyl groups excluding tert-OH is 1. The molecule has 2 aromatic rings. The number of hydrogen-bond acceptors (Lipinski definition) is 5. The minimum Gasteiger partial charge on any atom is -0.393 e. The van der Waals surface area contributed by atoms with Gasteiger partial charge >= 0.3 is 0 Å². The van der Waals surface area contributed by atoms with Crippen molar-refractivity contribution >= 4 is 11.6 Å². The lowest BCUT2D eigenvalue weighted by Crippen LogP contribution is -2.35. The highest BCUT2D eigenvalue weighted by atomic mass is 16.3. The summed E-state index contributed by atoms with van der Waals surface area (Å²) in [5.41, 5.74) is 3.53. The van der Waals surface area contributed by atoms with Crippen molar-refractivity contribution in [3.8, 4) is 0 Å². The molecule has 2 aliphatic rings. The van der Waals surface area contributed by atoms with Crippen LogP contribution in [0.4, 0.5) is 5.69 Å². The topological polar surface area (TPSA) is 82.4 Å². The van der Waals surface area contributed by atoms with Gasteiger partial charge in [0.1, 0.15) is 0 Å². The molecule has 3 heterocycles. The summed E-state index contributed by atoms with van der Waals surface area (Å²) in [5.74, 6) is 0.184. The summed E-state index contributed by atoms with van der Waals surface area (Å²) in [4.78, 5) is 15.4. The molecule has 0 radical (unpaired) electrons. The molecule has 0 saturated carbocycles. The first kappa shape index (κ1) is 20.1. The first-order chi connectivity index (χ1) is 14.1. The molecule has 2 saturated heterocycles. The smallest absolute Gasteiger partial charge is 0.259 e. The van der Waals surface area contributed by atoms with Gasteiger partial charge in [-0.1, -0.05) is 12.1 Å². The van der Waals surface area contributed by atoms with Crippen molar-refractivity contribution in [1.82, 2.24) is 20.0 Å². The highest BCUT2D eigenvalue weighted by molar-refractivity contribution is 6.05. The summed E-state index contributed by atoms with van der Waals surface area (Å²) in [5, 5.41) is 20.7. The molecular weight excluding hydrogens is 366 g/mol. The maximum atomic E-state index is 13.0. The molecule has 7 nitrogen and oxygen atoms in total. The largest absolute Gasteiger partial charge is 0.393 e. The van der Waals surface area contributed by atoms with Gasteiger partial charge in [-0.05, 0) is 49.9 Å². The quantitative estimate of drug-likeness (QED) is 0.720. The second kappa shape index (κ2) is 9.07. The molecule has 1 amide bonds. The van der Waals surface area contributed by atoms with Crippen molar-refractivity contribution in [3.05, 3.63) is 47.3 Å². The number of carbonyl (C=O) groups excluding carboxylic acids is 1. The lowest BCUT2D eigenvalue weighted by atomic mass is 9.93. The number of nitrogens with one attached hydrogen (secondary N) is 2. The fourth-order valence-electron chi connectivity index (χ4n) is 4.35. The fraction of sp³-hybridized carbons (Fsp3) is 0.545. The zero-order valence-corrected chi connectivity index (χ0v) is 17.1. The van der Waals surface area contributed by atoms with E-state index in [1.54, 1.807) is 4.68 Å². The van der Waals surface area contributed by atoms with Crippen molar-refractivity contribution in [2.45, 2.75) is 44.2 Å². The van der Waals surface area contributed by atoms with Crippen LogP contribution in [0, 0.1) is 0 Å². The zero-order valence-electron chi connectivity index (χ0n) is 17.1. The number of rotatable bonds is 5. The molecule has 1 aromatic heterocycles. The number of anilines is 1. The number of nitrogens with zero attached hydrogens (tertiary/aromatic N) is 3. The molecule has 0 aliphatic carbocycles. The Hall–Kier alpha value is -2.22. The SMILES string of the molecule is Cn1cc(C(=O)Nc2cccc(CN3CCC(O)CC3)c2)c(C2CCCNC2)n1. The third kappa shape index (κ3) is 5.04. The van der Waals surface area contributed by atoms with Gasteiger partial charge in [0, 0.05) is 51.0 Å². The van der Waals surface area contributed by atoms with E-state index in [0.717, 1.165) is 69.8 Å². The van der Waals surface area contributed by atoms with Crippen LogP contribution in [0.15, 0.2) is 30.5 Å². The number of likely N-dealkylation sites (tertiary alicyclic amines) is 1. The number of carbonyl (C=O) groups is 1. The van der Waals surface area contributed by atoms with Crippen LogP contribution in [-0.4, -0.2) is 58.0 Å². The second-order valence-corrected chi connectivity index (χ2v) is 8.31. The summed E-state index contributed by atoms with van der Waals surface area (Å²) in [7, 11) is 1.87. The number of aliphatic hydroxyl groups is 1. The Labute approximate surface area is 172 Å². The summed E-state index contributed by atoms with van der Waals surface area (Å²) < 4.78 is 1.74. The van der Waals surface area contributed by atoms with Crippen LogP contribution in [0.25, 0.3) is 0 Å². The number of aryl methyl sites for hydroxylation is 1. The number of piperidine rings is 2. The monoisotopic (exact) mass is 397 g/mol. The van der Waals surface area contributed by atoms with E-state index in [4.69, 9.17) is 0 Å². The highest BCUT2D eigenvalue weighted by Crippen LogP contribution is 2.26.